The second kappa shape index (κ2) is 10.2. The quantitative estimate of drug-likeness (QED) is 0.384. The molecule has 2 aromatic carbocycles. The Morgan fingerprint density at radius 1 is 1.12 bits per heavy atom. The Kier molecular flexibility index (Phi) is 6.91. The minimum Gasteiger partial charge on any atom is -0.493 e. The first-order valence-electron chi connectivity index (χ1n) is 10.5. The lowest BCUT2D eigenvalue weighted by atomic mass is 10.1. The molecule has 0 saturated heterocycles. The van der Waals surface area contributed by atoms with Crippen molar-refractivity contribution in [2.45, 2.75) is 26.7 Å². The zero-order valence-corrected chi connectivity index (χ0v) is 18.6. The fraction of sp³-hybridized carbons (Fsp3) is 0.200. The molecule has 1 amide bonds. The molecule has 0 aliphatic carbocycles. The number of hydrogen-bond donors (Lipinski definition) is 1. The zero-order chi connectivity index (χ0) is 24.1. The van der Waals surface area contributed by atoms with Gasteiger partial charge < -0.3 is 23.9 Å². The molecular formula is C25H23F2N3O4. The van der Waals surface area contributed by atoms with Gasteiger partial charge in [0.05, 0.1) is 12.8 Å². The Labute approximate surface area is 194 Å². The maximum absolute atomic E-state index is 12.5. The highest BCUT2D eigenvalue weighted by Gasteiger charge is 2.12. The molecule has 4 rings (SSSR count). The van der Waals surface area contributed by atoms with E-state index in [9.17, 15) is 13.6 Å². The van der Waals surface area contributed by atoms with E-state index in [2.05, 4.69) is 15.0 Å². The van der Waals surface area contributed by atoms with E-state index in [1.807, 2.05) is 35.9 Å². The number of benzene rings is 2. The number of amides is 1. The molecule has 0 unspecified atom stereocenters. The number of alkyl halides is 2. The highest BCUT2D eigenvalue weighted by Crippen LogP contribution is 2.29. The molecule has 0 bridgehead atoms. The number of carbonyl (C=O) groups excluding carboxylic acids is 1. The lowest BCUT2D eigenvalue weighted by Gasteiger charge is -2.12. The van der Waals surface area contributed by atoms with Crippen LogP contribution in [0, 0.1) is 6.92 Å². The molecule has 34 heavy (non-hydrogen) atoms. The predicted octanol–water partition coefficient (Wildman–Crippen LogP) is 4.76. The number of hydrogen-bond acceptors (Lipinski definition) is 5. The Balaban J connectivity index is 1.32. The third-order valence-electron chi connectivity index (χ3n) is 5.13. The first-order valence-corrected chi connectivity index (χ1v) is 10.5. The summed E-state index contributed by atoms with van der Waals surface area (Å²) in [6, 6.07) is 15.2. The van der Waals surface area contributed by atoms with Crippen molar-refractivity contribution >= 4 is 11.6 Å². The zero-order valence-electron chi connectivity index (χ0n) is 18.6. The number of halogens is 2. The van der Waals surface area contributed by atoms with Gasteiger partial charge in [0.25, 0.3) is 5.91 Å². The fourth-order valence-electron chi connectivity index (χ4n) is 3.43. The van der Waals surface area contributed by atoms with Gasteiger partial charge in [0.2, 0.25) is 0 Å². The highest BCUT2D eigenvalue weighted by atomic mass is 19.3. The maximum atomic E-state index is 12.5. The number of ether oxygens (including phenoxy) is 3. The molecule has 2 heterocycles. The number of fused-ring (bicyclic) bond motifs is 1. The first-order chi connectivity index (χ1) is 16.4. The number of nitrogens with zero attached hydrogens (tertiary/aromatic N) is 2. The van der Waals surface area contributed by atoms with Gasteiger partial charge in [-0.3, -0.25) is 4.79 Å². The third-order valence-corrected chi connectivity index (χ3v) is 5.13. The molecule has 0 atom stereocenters. The fourth-order valence-corrected chi connectivity index (χ4v) is 3.43. The van der Waals surface area contributed by atoms with Crippen molar-refractivity contribution in [1.29, 1.82) is 0 Å². The van der Waals surface area contributed by atoms with E-state index in [-0.39, 0.29) is 24.0 Å². The van der Waals surface area contributed by atoms with Crippen LogP contribution >= 0.6 is 0 Å². The van der Waals surface area contributed by atoms with Crippen molar-refractivity contribution in [2.75, 3.05) is 7.11 Å². The van der Waals surface area contributed by atoms with Crippen LogP contribution in [0.4, 0.5) is 8.78 Å². The molecule has 0 spiro atoms. The van der Waals surface area contributed by atoms with E-state index in [1.165, 1.54) is 19.2 Å². The number of imidazole rings is 1. The van der Waals surface area contributed by atoms with E-state index < -0.39 is 6.61 Å². The summed E-state index contributed by atoms with van der Waals surface area (Å²) in [6.45, 7) is -0.449. The second-order valence-corrected chi connectivity index (χ2v) is 7.51. The summed E-state index contributed by atoms with van der Waals surface area (Å²) in [4.78, 5) is 17.1. The maximum Gasteiger partial charge on any atom is 0.387 e. The van der Waals surface area contributed by atoms with Gasteiger partial charge in [-0.1, -0.05) is 12.1 Å². The average molecular weight is 467 g/mol. The van der Waals surface area contributed by atoms with E-state index in [4.69, 9.17) is 9.47 Å². The van der Waals surface area contributed by atoms with Gasteiger partial charge >= 0.3 is 6.61 Å². The van der Waals surface area contributed by atoms with Gasteiger partial charge in [0.15, 0.2) is 11.5 Å². The molecule has 176 valence electrons. The molecule has 4 aromatic rings. The van der Waals surface area contributed by atoms with E-state index >= 15 is 0 Å². The number of aryl methyl sites for hydroxylation is 1. The van der Waals surface area contributed by atoms with Crippen LogP contribution in [0.2, 0.25) is 0 Å². The molecule has 0 fully saturated rings. The SMILES string of the molecule is COc1cc(CNC(=O)c2ccc(OCc3cn4cccc(C)c4n3)cc2)ccc1OC(F)F. The van der Waals surface area contributed by atoms with Crippen LogP contribution < -0.4 is 19.5 Å². The van der Waals surface area contributed by atoms with Gasteiger partial charge in [0, 0.05) is 24.5 Å². The largest absolute Gasteiger partial charge is 0.493 e. The van der Waals surface area contributed by atoms with Crippen LogP contribution in [0.1, 0.15) is 27.2 Å². The molecule has 0 radical (unpaired) electrons. The van der Waals surface area contributed by atoms with Crippen LogP contribution in [-0.4, -0.2) is 29.0 Å². The molecule has 0 saturated carbocycles. The normalized spacial score (nSPS) is 11.0. The summed E-state index contributed by atoms with van der Waals surface area (Å²) in [5.41, 5.74) is 3.91. The first kappa shape index (κ1) is 23.0. The number of rotatable bonds is 9. The van der Waals surface area contributed by atoms with Gasteiger partial charge in [-0.15, -0.1) is 0 Å². The third kappa shape index (κ3) is 5.43. The standard InChI is InChI=1S/C25H23F2N3O4/c1-16-4-3-11-30-14-19(29-23(16)30)15-33-20-8-6-18(7-9-20)24(31)28-13-17-5-10-21(34-25(26)27)22(12-17)32-2/h3-12,14,25H,13,15H2,1-2H3,(H,28,31). The van der Waals surface area contributed by atoms with Crippen molar-refractivity contribution in [3.8, 4) is 17.2 Å². The van der Waals surface area contributed by atoms with E-state index in [1.54, 1.807) is 30.3 Å². The highest BCUT2D eigenvalue weighted by molar-refractivity contribution is 5.94. The Bertz CT molecular complexity index is 1290. The van der Waals surface area contributed by atoms with Crippen LogP contribution in [0.25, 0.3) is 5.65 Å². The number of carbonyl (C=O) groups is 1. The van der Waals surface area contributed by atoms with Crippen LogP contribution in [-0.2, 0) is 13.2 Å². The van der Waals surface area contributed by atoms with Gasteiger partial charge in [-0.2, -0.15) is 8.78 Å². The van der Waals surface area contributed by atoms with Crippen molar-refractivity contribution in [3.05, 3.63) is 89.4 Å². The summed E-state index contributed by atoms with van der Waals surface area (Å²) in [5.74, 6) is 0.426. The minimum absolute atomic E-state index is 0.0676. The molecule has 0 aliphatic heterocycles. The summed E-state index contributed by atoms with van der Waals surface area (Å²) in [5, 5.41) is 2.79. The van der Waals surface area contributed by atoms with Gasteiger partial charge in [-0.05, 0) is 60.5 Å². The smallest absolute Gasteiger partial charge is 0.387 e. The minimum atomic E-state index is -2.95. The monoisotopic (exact) mass is 467 g/mol. The Morgan fingerprint density at radius 2 is 1.91 bits per heavy atom. The van der Waals surface area contributed by atoms with Crippen molar-refractivity contribution in [1.82, 2.24) is 14.7 Å². The van der Waals surface area contributed by atoms with Gasteiger partial charge in [0.1, 0.15) is 18.0 Å². The van der Waals surface area contributed by atoms with Crippen molar-refractivity contribution < 1.29 is 27.8 Å². The molecule has 1 N–H and O–H groups in total. The van der Waals surface area contributed by atoms with Crippen molar-refractivity contribution in [3.63, 3.8) is 0 Å². The van der Waals surface area contributed by atoms with Crippen LogP contribution in [0.5, 0.6) is 17.2 Å². The summed E-state index contributed by atoms with van der Waals surface area (Å²) < 4.78 is 42.1. The van der Waals surface area contributed by atoms with Crippen LogP contribution in [0.3, 0.4) is 0 Å². The summed E-state index contributed by atoms with van der Waals surface area (Å²) >= 11 is 0. The predicted molar refractivity (Wildman–Crippen MR) is 121 cm³/mol. The molecular weight excluding hydrogens is 444 g/mol. The molecule has 2 aromatic heterocycles. The lowest BCUT2D eigenvalue weighted by Crippen LogP contribution is -2.22. The lowest BCUT2D eigenvalue weighted by molar-refractivity contribution is -0.0512. The van der Waals surface area contributed by atoms with Gasteiger partial charge in [-0.25, -0.2) is 4.98 Å². The second-order valence-electron chi connectivity index (χ2n) is 7.51. The topological polar surface area (TPSA) is 74.1 Å². The van der Waals surface area contributed by atoms with E-state index in [0.29, 0.717) is 23.5 Å². The summed E-state index contributed by atoms with van der Waals surface area (Å²) in [7, 11) is 1.36. The molecule has 7 nitrogen and oxygen atoms in total. The van der Waals surface area contributed by atoms with Crippen LogP contribution in [0.15, 0.2) is 67.0 Å². The van der Waals surface area contributed by atoms with E-state index in [0.717, 1.165) is 16.9 Å². The number of methoxy groups -OCH3 is 1. The molecule has 9 heteroatoms. The number of nitrogens with one attached hydrogen (secondary N) is 1. The Morgan fingerprint density at radius 3 is 2.62 bits per heavy atom. The molecule has 0 aliphatic rings. The average Bonchev–Trinajstić information content (AvgIpc) is 3.26. The Hall–Kier alpha value is -4.14. The summed E-state index contributed by atoms with van der Waals surface area (Å²) in [6.07, 6.45) is 3.86. The number of pyridine rings is 1. The van der Waals surface area contributed by atoms with Crippen molar-refractivity contribution in [2.24, 2.45) is 0 Å². The number of aromatic nitrogens is 2.